The van der Waals surface area contributed by atoms with Crippen LogP contribution < -0.4 is 10.6 Å². The molecule has 0 aromatic carbocycles. The van der Waals surface area contributed by atoms with Gasteiger partial charge in [-0.1, -0.05) is 19.9 Å². The number of aromatic nitrogens is 4. The van der Waals surface area contributed by atoms with Crippen LogP contribution in [0.2, 0.25) is 0 Å². The lowest BCUT2D eigenvalue weighted by Crippen LogP contribution is -2.28. The molecule has 0 bridgehead atoms. The van der Waals surface area contributed by atoms with Gasteiger partial charge in [-0.2, -0.15) is 4.98 Å². The number of urea groups is 1. The van der Waals surface area contributed by atoms with Gasteiger partial charge in [0.25, 0.3) is 5.95 Å². The number of rotatable bonds is 5. The van der Waals surface area contributed by atoms with Gasteiger partial charge >= 0.3 is 6.03 Å². The SMILES string of the molecule is CCNC(=O)Nc1nc2cc(-c3cccnc3)cc(C(=O)C(C)C)n2n1. The monoisotopic (exact) mass is 352 g/mol. The summed E-state index contributed by atoms with van der Waals surface area (Å²) in [5.41, 5.74) is 2.57. The molecule has 0 saturated heterocycles. The molecule has 0 spiro atoms. The summed E-state index contributed by atoms with van der Waals surface area (Å²) in [6.07, 6.45) is 3.41. The van der Waals surface area contributed by atoms with Gasteiger partial charge in [-0.25, -0.2) is 9.31 Å². The van der Waals surface area contributed by atoms with Crippen molar-refractivity contribution in [1.82, 2.24) is 24.9 Å². The van der Waals surface area contributed by atoms with Gasteiger partial charge < -0.3 is 5.32 Å². The van der Waals surface area contributed by atoms with Crippen LogP contribution in [-0.4, -0.2) is 37.9 Å². The molecule has 0 aliphatic rings. The highest BCUT2D eigenvalue weighted by molar-refractivity contribution is 5.98. The summed E-state index contributed by atoms with van der Waals surface area (Å²) in [7, 11) is 0. The molecule has 2 N–H and O–H groups in total. The molecular formula is C18H20N6O2. The Bertz CT molecular complexity index is 949. The fourth-order valence-electron chi connectivity index (χ4n) is 2.51. The third-order valence-corrected chi connectivity index (χ3v) is 3.77. The van der Waals surface area contributed by atoms with Crippen molar-refractivity contribution in [3.8, 4) is 11.1 Å². The highest BCUT2D eigenvalue weighted by Crippen LogP contribution is 2.23. The molecule has 0 radical (unpaired) electrons. The van der Waals surface area contributed by atoms with Crippen LogP contribution in [0.4, 0.5) is 10.7 Å². The van der Waals surface area contributed by atoms with Crippen LogP contribution in [0.5, 0.6) is 0 Å². The van der Waals surface area contributed by atoms with Crippen LogP contribution in [0.3, 0.4) is 0 Å². The molecule has 0 unspecified atom stereocenters. The van der Waals surface area contributed by atoms with E-state index >= 15 is 0 Å². The molecule has 0 aliphatic heterocycles. The second-order valence-corrected chi connectivity index (χ2v) is 6.08. The number of anilines is 1. The Morgan fingerprint density at radius 2 is 2.04 bits per heavy atom. The number of ketones is 1. The van der Waals surface area contributed by atoms with E-state index in [1.165, 1.54) is 4.52 Å². The molecule has 3 aromatic rings. The van der Waals surface area contributed by atoms with Crippen LogP contribution in [0, 0.1) is 5.92 Å². The minimum absolute atomic E-state index is 0.0600. The molecule has 2 amide bonds. The molecule has 3 rings (SSSR count). The molecule has 0 aliphatic carbocycles. The van der Waals surface area contributed by atoms with Crippen LogP contribution in [-0.2, 0) is 0 Å². The molecule has 0 saturated carbocycles. The summed E-state index contributed by atoms with van der Waals surface area (Å²) in [6, 6.07) is 6.93. The van der Waals surface area contributed by atoms with Crippen molar-refractivity contribution >= 4 is 23.4 Å². The summed E-state index contributed by atoms with van der Waals surface area (Å²) in [5.74, 6) is -0.126. The smallest absolute Gasteiger partial charge is 0.321 e. The second-order valence-electron chi connectivity index (χ2n) is 6.08. The second kappa shape index (κ2) is 7.30. The van der Waals surface area contributed by atoms with Crippen molar-refractivity contribution in [2.45, 2.75) is 20.8 Å². The first kappa shape index (κ1) is 17.5. The van der Waals surface area contributed by atoms with Crippen molar-refractivity contribution in [1.29, 1.82) is 0 Å². The maximum absolute atomic E-state index is 12.7. The Morgan fingerprint density at radius 3 is 2.69 bits per heavy atom. The number of amides is 2. The predicted octanol–water partition coefficient (Wildman–Crippen LogP) is 2.77. The van der Waals surface area contributed by atoms with E-state index < -0.39 is 6.03 Å². The Kier molecular flexibility index (Phi) is 4.92. The van der Waals surface area contributed by atoms with E-state index in [1.54, 1.807) is 18.5 Å². The van der Waals surface area contributed by atoms with Gasteiger partial charge in [-0.15, -0.1) is 5.10 Å². The summed E-state index contributed by atoms with van der Waals surface area (Å²) in [5, 5.41) is 9.46. The van der Waals surface area contributed by atoms with Crippen LogP contribution in [0.1, 0.15) is 31.3 Å². The van der Waals surface area contributed by atoms with Crippen LogP contribution in [0.25, 0.3) is 16.8 Å². The molecule has 0 fully saturated rings. The van der Waals surface area contributed by atoms with Crippen molar-refractivity contribution < 1.29 is 9.59 Å². The first-order valence-corrected chi connectivity index (χ1v) is 8.40. The number of carbonyl (C=O) groups excluding carboxylic acids is 2. The maximum Gasteiger partial charge on any atom is 0.321 e. The lowest BCUT2D eigenvalue weighted by atomic mass is 10.0. The zero-order valence-corrected chi connectivity index (χ0v) is 14.9. The van der Waals surface area contributed by atoms with E-state index in [-0.39, 0.29) is 17.6 Å². The molecule has 8 heteroatoms. The van der Waals surface area contributed by atoms with Gasteiger partial charge in [0.15, 0.2) is 11.4 Å². The number of nitrogens with one attached hydrogen (secondary N) is 2. The largest absolute Gasteiger partial charge is 0.338 e. The van der Waals surface area contributed by atoms with Crippen molar-refractivity contribution in [2.75, 3.05) is 11.9 Å². The molecule has 134 valence electrons. The van der Waals surface area contributed by atoms with Crippen molar-refractivity contribution in [2.24, 2.45) is 5.92 Å². The standard InChI is InChI=1S/C18H20N6O2/c1-4-20-18(26)22-17-21-15-9-13(12-6-5-7-19-10-12)8-14(24(15)23-17)16(25)11(2)3/h5-11H,4H2,1-3H3,(H2,20,22,23,26). The van der Waals surface area contributed by atoms with Gasteiger partial charge in [0.1, 0.15) is 5.69 Å². The van der Waals surface area contributed by atoms with Crippen LogP contribution >= 0.6 is 0 Å². The molecular weight excluding hydrogens is 332 g/mol. The molecule has 3 heterocycles. The topological polar surface area (TPSA) is 101 Å². The number of pyridine rings is 2. The first-order valence-electron chi connectivity index (χ1n) is 8.40. The van der Waals surface area contributed by atoms with Crippen molar-refractivity contribution in [3.63, 3.8) is 0 Å². The minimum Gasteiger partial charge on any atom is -0.338 e. The number of nitrogens with zero attached hydrogens (tertiary/aromatic N) is 4. The van der Waals surface area contributed by atoms with E-state index in [0.717, 1.165) is 11.1 Å². The number of fused-ring (bicyclic) bond motifs is 1. The first-order chi connectivity index (χ1) is 12.5. The lowest BCUT2D eigenvalue weighted by molar-refractivity contribution is 0.0932. The average Bonchev–Trinajstić information content (AvgIpc) is 3.03. The Labute approximate surface area is 150 Å². The molecule has 3 aromatic heterocycles. The number of hydrogen-bond donors (Lipinski definition) is 2. The fraction of sp³-hybridized carbons (Fsp3) is 0.278. The van der Waals surface area contributed by atoms with Gasteiger partial charge in [-0.3, -0.25) is 15.1 Å². The number of carbonyl (C=O) groups is 2. The summed E-state index contributed by atoms with van der Waals surface area (Å²) in [6.45, 7) is 5.96. The van der Waals surface area contributed by atoms with Gasteiger partial charge in [0.2, 0.25) is 0 Å². The Hall–Kier alpha value is -3.29. The normalized spacial score (nSPS) is 10.9. The average molecular weight is 352 g/mol. The molecule has 26 heavy (non-hydrogen) atoms. The quantitative estimate of drug-likeness (QED) is 0.688. The summed E-state index contributed by atoms with van der Waals surface area (Å²) in [4.78, 5) is 32.8. The van der Waals surface area contributed by atoms with E-state index in [9.17, 15) is 9.59 Å². The van der Waals surface area contributed by atoms with E-state index in [0.29, 0.717) is 17.9 Å². The minimum atomic E-state index is -0.396. The maximum atomic E-state index is 12.7. The highest BCUT2D eigenvalue weighted by Gasteiger charge is 2.19. The predicted molar refractivity (Wildman–Crippen MR) is 98.1 cm³/mol. The van der Waals surface area contributed by atoms with E-state index in [4.69, 9.17) is 0 Å². The highest BCUT2D eigenvalue weighted by atomic mass is 16.2. The number of hydrogen-bond acceptors (Lipinski definition) is 5. The number of Topliss-reactive ketones (excluding diaryl/α,β-unsaturated/α-hetero) is 1. The Morgan fingerprint density at radius 1 is 1.23 bits per heavy atom. The third kappa shape index (κ3) is 3.53. The third-order valence-electron chi connectivity index (χ3n) is 3.77. The van der Waals surface area contributed by atoms with Gasteiger partial charge in [0.05, 0.1) is 0 Å². The van der Waals surface area contributed by atoms with Crippen molar-refractivity contribution in [3.05, 3.63) is 42.4 Å². The Balaban J connectivity index is 2.12. The lowest BCUT2D eigenvalue weighted by Gasteiger charge is -2.09. The molecule has 0 atom stereocenters. The fourth-order valence-corrected chi connectivity index (χ4v) is 2.51. The van der Waals surface area contributed by atoms with E-state index in [2.05, 4.69) is 25.7 Å². The molecule has 8 nitrogen and oxygen atoms in total. The van der Waals surface area contributed by atoms with Gasteiger partial charge in [-0.05, 0) is 30.7 Å². The zero-order chi connectivity index (χ0) is 18.7. The zero-order valence-electron chi connectivity index (χ0n) is 14.9. The summed E-state index contributed by atoms with van der Waals surface area (Å²) >= 11 is 0. The summed E-state index contributed by atoms with van der Waals surface area (Å²) < 4.78 is 1.46. The van der Waals surface area contributed by atoms with Gasteiger partial charge in [0, 0.05) is 30.4 Å². The van der Waals surface area contributed by atoms with Crippen LogP contribution in [0.15, 0.2) is 36.7 Å². The van der Waals surface area contributed by atoms with E-state index in [1.807, 2.05) is 39.0 Å².